The van der Waals surface area contributed by atoms with E-state index in [1.165, 1.54) is 0 Å². The molecule has 1 atom stereocenters. The Kier molecular flexibility index (Phi) is 18.3. The van der Waals surface area contributed by atoms with E-state index in [0.717, 1.165) is 24.4 Å². The van der Waals surface area contributed by atoms with Crippen LogP contribution < -0.4 is 5.32 Å². The summed E-state index contributed by atoms with van der Waals surface area (Å²) < 4.78 is 630. The van der Waals surface area contributed by atoms with Gasteiger partial charge >= 0.3 is 131 Å². The number of benzene rings is 1. The SMILES string of the molecule is Cc1ccc(C(=O)NC(C)CC(F)(F)C(F)(F)C(F)(F)C(F)(F)C(F)(F)C(F)(F)C(F)(F)C(F)(F)C(F)(F)C(F)(F)C(F)(F)C(F)(F)C(F)(F)C(F)(F)C(F)(F)C(F)(F)C(F)(F)C(F)(F)C(F)(F)C(F)(F)C(F)(F)C(F)(F)F)cc1N=C=O. The Morgan fingerprint density at radius 3 is 0.783 bits per heavy atom. The quantitative estimate of drug-likeness (QED) is 0.0603. The Hall–Kier alpha value is -5.08. The lowest BCUT2D eigenvalue weighted by Crippen LogP contribution is -2.81. The normalized spacial score (nSPS) is 16.7. The molecule has 1 amide bonds. The van der Waals surface area contributed by atoms with Gasteiger partial charge in [-0.1, -0.05) is 6.07 Å². The highest BCUT2D eigenvalue weighted by Gasteiger charge is 3.04. The molecule has 0 saturated heterocycles. The first-order valence-corrected chi connectivity index (χ1v) is 19.0. The van der Waals surface area contributed by atoms with Crippen LogP contribution in [0, 0.1) is 6.92 Å². The van der Waals surface area contributed by atoms with Gasteiger partial charge in [0.25, 0.3) is 5.91 Å². The van der Waals surface area contributed by atoms with E-state index in [0.29, 0.717) is 12.1 Å². The smallest absolute Gasteiger partial charge is 0.349 e. The summed E-state index contributed by atoms with van der Waals surface area (Å²) in [5.41, 5.74) is -1.54. The van der Waals surface area contributed by atoms with Crippen molar-refractivity contribution in [3.63, 3.8) is 0 Å². The van der Waals surface area contributed by atoms with E-state index in [1.807, 2.05) is 0 Å². The molecule has 0 aromatic heterocycles. The first-order chi connectivity index (χ1) is 35.5. The number of carbonyl (C=O) groups excluding carboxylic acids is 2. The maximum atomic E-state index is 14.5. The van der Waals surface area contributed by atoms with Gasteiger partial charge in [0.05, 0.1) is 5.69 Å². The number of hydrogen-bond acceptors (Lipinski definition) is 3. The second-order valence-corrected chi connectivity index (χ2v) is 16.5. The van der Waals surface area contributed by atoms with Crippen molar-refractivity contribution in [3.05, 3.63) is 29.3 Å². The summed E-state index contributed by atoms with van der Waals surface area (Å²) in [6, 6.07) is -1.13. The Morgan fingerprint density at radius 2 is 0.578 bits per heavy atom. The van der Waals surface area contributed by atoms with E-state index >= 15 is 0 Å². The molecule has 1 aromatic rings. The molecule has 0 fully saturated rings. The monoisotopic (exact) mass is 1340 g/mol. The number of halogens is 45. The number of carbonyl (C=O) groups is 1. The second-order valence-electron chi connectivity index (χ2n) is 16.5. The van der Waals surface area contributed by atoms with Crippen LogP contribution in [0.5, 0.6) is 0 Å². The van der Waals surface area contributed by atoms with Gasteiger partial charge in [-0.2, -0.15) is 203 Å². The molecule has 1 aromatic carbocycles. The fraction of sp³-hybridized carbons (Fsp3) is 0.765. The minimum Gasteiger partial charge on any atom is -0.349 e. The molecule has 1 unspecified atom stereocenters. The number of hydrogen-bond donors (Lipinski definition) is 1. The fourth-order valence-electron chi connectivity index (χ4n) is 5.75. The molecule has 0 saturated carbocycles. The third kappa shape index (κ3) is 9.52. The van der Waals surface area contributed by atoms with Gasteiger partial charge in [-0.25, -0.2) is 4.79 Å². The first kappa shape index (κ1) is 75.9. The molecule has 0 radical (unpaired) electrons. The Labute approximate surface area is 422 Å². The van der Waals surface area contributed by atoms with Crippen LogP contribution in [-0.2, 0) is 4.79 Å². The Bertz CT molecular complexity index is 2600. The molecule has 0 bridgehead atoms. The third-order valence-electron chi connectivity index (χ3n) is 10.9. The summed E-state index contributed by atoms with van der Waals surface area (Å²) in [7, 11) is 0. The fourth-order valence-corrected chi connectivity index (χ4v) is 5.75. The predicted octanol–water partition coefficient (Wildman–Crippen LogP) is 16.4. The highest BCUT2D eigenvalue weighted by atomic mass is 19.4. The molecule has 4 nitrogen and oxygen atoms in total. The van der Waals surface area contributed by atoms with Crippen LogP contribution in [0.2, 0.25) is 0 Å². The summed E-state index contributed by atoms with van der Waals surface area (Å²) in [6.07, 6.45) is -11.2. The topological polar surface area (TPSA) is 58.5 Å². The summed E-state index contributed by atoms with van der Waals surface area (Å²) in [5, 5.41) is 1.10. The molecule has 486 valence electrons. The van der Waals surface area contributed by atoms with Gasteiger partial charge in [0.15, 0.2) is 0 Å². The molecule has 0 aliphatic rings. The average molecular weight is 1340 g/mol. The van der Waals surface area contributed by atoms with Gasteiger partial charge in [-0.3, -0.25) is 4.79 Å². The Balaban J connectivity index is 4.06. The van der Waals surface area contributed by atoms with Gasteiger partial charge < -0.3 is 5.32 Å². The van der Waals surface area contributed by atoms with Crippen molar-refractivity contribution in [1.29, 1.82) is 0 Å². The lowest BCUT2D eigenvalue weighted by molar-refractivity contribution is -0.497. The largest absolute Gasteiger partial charge is 0.460 e. The number of isocyanates is 1. The molecule has 83 heavy (non-hydrogen) atoms. The lowest BCUT2D eigenvalue weighted by Gasteiger charge is -2.47. The number of nitrogens with one attached hydrogen (secondary N) is 1. The molecule has 49 heteroatoms. The summed E-state index contributed by atoms with van der Waals surface area (Å²) >= 11 is 0. The highest BCUT2D eigenvalue weighted by Crippen LogP contribution is 2.72. The Morgan fingerprint density at radius 1 is 0.373 bits per heavy atom. The van der Waals surface area contributed by atoms with E-state index in [4.69, 9.17) is 0 Å². The van der Waals surface area contributed by atoms with Crippen LogP contribution in [0.1, 0.15) is 29.3 Å². The molecular formula is C34H13F45N2O2. The second kappa shape index (κ2) is 20.0. The van der Waals surface area contributed by atoms with Gasteiger partial charge in [-0.05, 0) is 31.5 Å². The van der Waals surface area contributed by atoms with E-state index in [-0.39, 0.29) is 12.5 Å². The lowest BCUT2D eigenvalue weighted by atomic mass is 9.81. The van der Waals surface area contributed by atoms with Crippen LogP contribution in [0.25, 0.3) is 0 Å². The van der Waals surface area contributed by atoms with Gasteiger partial charge in [0.1, 0.15) is 0 Å². The minimum atomic E-state index is -10.8. The molecule has 0 heterocycles. The molecule has 1 N–H and O–H groups in total. The predicted molar refractivity (Wildman–Crippen MR) is 170 cm³/mol. The van der Waals surface area contributed by atoms with Crippen molar-refractivity contribution in [3.8, 4) is 0 Å². The molecule has 0 spiro atoms. The van der Waals surface area contributed by atoms with Gasteiger partial charge in [-0.15, -0.1) is 0 Å². The zero-order valence-electron chi connectivity index (χ0n) is 37.3. The number of amides is 1. The number of rotatable bonds is 25. The molecule has 0 aliphatic carbocycles. The zero-order chi connectivity index (χ0) is 67.8. The van der Waals surface area contributed by atoms with Crippen LogP contribution >= 0.6 is 0 Å². The summed E-state index contributed by atoms with van der Waals surface area (Å²) in [5.74, 6) is -215. The van der Waals surface area contributed by atoms with Gasteiger partial charge in [0.2, 0.25) is 6.08 Å². The molecular weight excluding hydrogens is 1320 g/mol. The van der Waals surface area contributed by atoms with E-state index in [9.17, 15) is 207 Å². The minimum absolute atomic E-state index is 0.0560. The van der Waals surface area contributed by atoms with Crippen LogP contribution in [0.4, 0.5) is 203 Å². The maximum Gasteiger partial charge on any atom is 0.460 e. The van der Waals surface area contributed by atoms with Crippen LogP contribution in [-0.4, -0.2) is 149 Å². The van der Waals surface area contributed by atoms with Crippen molar-refractivity contribution in [2.45, 2.75) is 157 Å². The number of alkyl halides is 45. The average Bonchev–Trinajstić information content (AvgIpc) is 3.27. The van der Waals surface area contributed by atoms with Gasteiger partial charge in [0, 0.05) is 18.0 Å². The first-order valence-electron chi connectivity index (χ1n) is 19.0. The molecule has 0 aliphatic heterocycles. The maximum absolute atomic E-state index is 14.5. The molecule has 1 rings (SSSR count). The number of aliphatic imine (C=N–C) groups is 1. The highest BCUT2D eigenvalue weighted by molar-refractivity contribution is 5.95. The van der Waals surface area contributed by atoms with Crippen molar-refractivity contribution < 1.29 is 207 Å². The van der Waals surface area contributed by atoms with E-state index < -0.39 is 160 Å². The van der Waals surface area contributed by atoms with Crippen molar-refractivity contribution in [2.24, 2.45) is 4.99 Å². The summed E-state index contributed by atoms with van der Waals surface area (Å²) in [4.78, 5) is 25.7. The van der Waals surface area contributed by atoms with Crippen molar-refractivity contribution >= 4 is 17.7 Å². The zero-order valence-corrected chi connectivity index (χ0v) is 37.3. The number of aryl methyl sites for hydroxylation is 1. The third-order valence-corrected chi connectivity index (χ3v) is 10.9. The van der Waals surface area contributed by atoms with E-state index in [1.54, 1.807) is 0 Å². The van der Waals surface area contributed by atoms with Crippen molar-refractivity contribution in [1.82, 2.24) is 5.32 Å². The standard InChI is InChI=1S/C34H13F45N2O2/c1-8-3-4-10(5-11(8)80-7-82)12(83)81-9(2)6-13(35,36)14(37,38)15(39,40)16(41,42)17(43,44)18(45,46)19(47,48)20(49,50)21(51,52)22(53,54)23(55,56)24(57,58)25(59,60)26(61,62)27(63,64)28(65,66)29(67,68)30(69,70)31(71,72)32(73,74)33(75,76)34(77,78)79/h3-5,9H,6H2,1-2H3,(H,81,83). The number of nitrogens with zero attached hydrogens (tertiary/aromatic N) is 1. The summed E-state index contributed by atoms with van der Waals surface area (Å²) in [6.45, 7) is 1.01. The van der Waals surface area contributed by atoms with Crippen LogP contribution in [0.15, 0.2) is 23.2 Å². The van der Waals surface area contributed by atoms with Crippen LogP contribution in [0.3, 0.4) is 0 Å². The van der Waals surface area contributed by atoms with E-state index in [2.05, 4.69) is 4.99 Å². The van der Waals surface area contributed by atoms with Crippen molar-refractivity contribution in [2.75, 3.05) is 0 Å².